The SMILES string of the molecule is O=C([C@H]1COc2ccccc2O1)N(Cc1cnc2ccccc2c1)C1CC1. The first-order valence-electron chi connectivity index (χ1n) is 9.30. The average Bonchev–Trinajstić information content (AvgIpc) is 3.56. The third-order valence-corrected chi connectivity index (χ3v) is 5.05. The highest BCUT2D eigenvalue weighted by Gasteiger charge is 2.38. The molecule has 1 aliphatic carbocycles. The molecule has 0 spiro atoms. The van der Waals surface area contributed by atoms with Crippen LogP contribution in [-0.2, 0) is 11.3 Å². The molecule has 3 aromatic rings. The molecule has 1 amide bonds. The molecule has 0 N–H and O–H groups in total. The Hall–Kier alpha value is -3.08. The number of carbonyl (C=O) groups excluding carboxylic acids is 1. The van der Waals surface area contributed by atoms with Crippen LogP contribution in [0.25, 0.3) is 10.9 Å². The number of rotatable bonds is 4. The van der Waals surface area contributed by atoms with Crippen LogP contribution < -0.4 is 9.47 Å². The first kappa shape index (κ1) is 16.1. The zero-order valence-corrected chi connectivity index (χ0v) is 14.9. The minimum Gasteiger partial charge on any atom is -0.485 e. The molecule has 0 bridgehead atoms. The van der Waals surface area contributed by atoms with Crippen LogP contribution in [0.15, 0.2) is 60.8 Å². The second kappa shape index (κ2) is 6.58. The standard InChI is InChI=1S/C22H20N2O3/c25-22(21-14-26-19-7-3-4-8-20(19)27-21)24(17-9-10-17)13-15-11-16-5-1-2-6-18(16)23-12-15/h1-8,11-12,17,21H,9-10,13-14H2/t21-/m1/s1. The number of carbonyl (C=O) groups is 1. The Morgan fingerprint density at radius 2 is 1.85 bits per heavy atom. The van der Waals surface area contributed by atoms with Crippen molar-refractivity contribution in [3.8, 4) is 11.5 Å². The number of para-hydroxylation sites is 3. The van der Waals surface area contributed by atoms with E-state index in [0.717, 1.165) is 29.3 Å². The van der Waals surface area contributed by atoms with E-state index in [1.165, 1.54) is 0 Å². The lowest BCUT2D eigenvalue weighted by Crippen LogP contribution is -2.47. The van der Waals surface area contributed by atoms with Gasteiger partial charge in [0.25, 0.3) is 5.91 Å². The highest BCUT2D eigenvalue weighted by molar-refractivity contribution is 5.83. The summed E-state index contributed by atoms with van der Waals surface area (Å²) in [7, 11) is 0. The van der Waals surface area contributed by atoms with Gasteiger partial charge in [0.2, 0.25) is 6.10 Å². The number of amides is 1. The Morgan fingerprint density at radius 3 is 2.70 bits per heavy atom. The van der Waals surface area contributed by atoms with Gasteiger partial charge in [0.15, 0.2) is 11.5 Å². The molecule has 27 heavy (non-hydrogen) atoms. The molecule has 2 aliphatic rings. The predicted molar refractivity (Wildman–Crippen MR) is 102 cm³/mol. The predicted octanol–water partition coefficient (Wildman–Crippen LogP) is 3.57. The van der Waals surface area contributed by atoms with Gasteiger partial charge in [0.1, 0.15) is 6.61 Å². The van der Waals surface area contributed by atoms with Gasteiger partial charge < -0.3 is 14.4 Å². The Morgan fingerprint density at radius 1 is 1.07 bits per heavy atom. The van der Waals surface area contributed by atoms with Gasteiger partial charge in [-0.05, 0) is 42.7 Å². The van der Waals surface area contributed by atoms with E-state index in [4.69, 9.17) is 9.47 Å². The van der Waals surface area contributed by atoms with E-state index in [2.05, 4.69) is 11.1 Å². The summed E-state index contributed by atoms with van der Waals surface area (Å²) in [4.78, 5) is 19.6. The number of ether oxygens (including phenoxy) is 2. The van der Waals surface area contributed by atoms with E-state index in [0.29, 0.717) is 18.0 Å². The fourth-order valence-electron chi connectivity index (χ4n) is 3.50. The minimum absolute atomic E-state index is 0.0137. The van der Waals surface area contributed by atoms with E-state index in [1.807, 2.05) is 59.6 Å². The van der Waals surface area contributed by atoms with Gasteiger partial charge in [-0.15, -0.1) is 0 Å². The number of benzene rings is 2. The first-order valence-corrected chi connectivity index (χ1v) is 9.30. The third-order valence-electron chi connectivity index (χ3n) is 5.05. The van der Waals surface area contributed by atoms with Crippen LogP contribution in [0.2, 0.25) is 0 Å². The monoisotopic (exact) mass is 360 g/mol. The number of hydrogen-bond acceptors (Lipinski definition) is 4. The molecule has 0 saturated heterocycles. The topological polar surface area (TPSA) is 51.7 Å². The van der Waals surface area contributed by atoms with E-state index < -0.39 is 6.10 Å². The van der Waals surface area contributed by atoms with E-state index in [9.17, 15) is 4.79 Å². The summed E-state index contributed by atoms with van der Waals surface area (Å²) in [6, 6.07) is 17.9. The summed E-state index contributed by atoms with van der Waals surface area (Å²) >= 11 is 0. The van der Waals surface area contributed by atoms with Crippen LogP contribution in [0, 0.1) is 0 Å². The maximum absolute atomic E-state index is 13.2. The smallest absolute Gasteiger partial charge is 0.267 e. The van der Waals surface area contributed by atoms with E-state index in [-0.39, 0.29) is 18.6 Å². The normalized spacial score (nSPS) is 18.3. The van der Waals surface area contributed by atoms with Gasteiger partial charge in [-0.1, -0.05) is 30.3 Å². The molecule has 1 saturated carbocycles. The van der Waals surface area contributed by atoms with Crippen molar-refractivity contribution < 1.29 is 14.3 Å². The zero-order chi connectivity index (χ0) is 18.2. The molecule has 0 radical (unpaired) electrons. The van der Waals surface area contributed by atoms with Crippen molar-refractivity contribution >= 4 is 16.8 Å². The summed E-state index contributed by atoms with van der Waals surface area (Å²) in [6.07, 6.45) is 3.33. The maximum Gasteiger partial charge on any atom is 0.267 e. The minimum atomic E-state index is -0.603. The fourth-order valence-corrected chi connectivity index (χ4v) is 3.50. The van der Waals surface area contributed by atoms with Crippen molar-refractivity contribution in [1.82, 2.24) is 9.88 Å². The van der Waals surface area contributed by atoms with Crippen molar-refractivity contribution in [2.45, 2.75) is 31.5 Å². The lowest BCUT2D eigenvalue weighted by Gasteiger charge is -2.31. The summed E-state index contributed by atoms with van der Waals surface area (Å²) in [6.45, 7) is 0.790. The van der Waals surface area contributed by atoms with Gasteiger partial charge >= 0.3 is 0 Å². The molecule has 5 heteroatoms. The van der Waals surface area contributed by atoms with Crippen molar-refractivity contribution in [3.63, 3.8) is 0 Å². The molecule has 1 aromatic heterocycles. The molecule has 2 heterocycles. The maximum atomic E-state index is 13.2. The number of aromatic nitrogens is 1. The Kier molecular flexibility index (Phi) is 3.93. The molecule has 1 fully saturated rings. The van der Waals surface area contributed by atoms with Gasteiger partial charge in [-0.2, -0.15) is 0 Å². The second-order valence-corrected chi connectivity index (χ2v) is 7.10. The van der Waals surface area contributed by atoms with Crippen molar-refractivity contribution in [2.24, 2.45) is 0 Å². The van der Waals surface area contributed by atoms with Crippen molar-refractivity contribution in [3.05, 3.63) is 66.4 Å². The fraction of sp³-hybridized carbons (Fsp3) is 0.273. The van der Waals surface area contributed by atoms with E-state index >= 15 is 0 Å². The summed E-state index contributed by atoms with van der Waals surface area (Å²) in [5.74, 6) is 1.31. The van der Waals surface area contributed by atoms with Crippen molar-refractivity contribution in [1.29, 1.82) is 0 Å². The number of nitrogens with zero attached hydrogens (tertiary/aromatic N) is 2. The van der Waals surface area contributed by atoms with Crippen LogP contribution in [0.1, 0.15) is 18.4 Å². The van der Waals surface area contributed by atoms with Crippen LogP contribution >= 0.6 is 0 Å². The lowest BCUT2D eigenvalue weighted by atomic mass is 10.1. The summed E-state index contributed by atoms with van der Waals surface area (Å²) < 4.78 is 11.7. The molecule has 2 aromatic carbocycles. The molecule has 5 rings (SSSR count). The molecular formula is C22H20N2O3. The van der Waals surface area contributed by atoms with Crippen LogP contribution in [0.5, 0.6) is 11.5 Å². The zero-order valence-electron chi connectivity index (χ0n) is 14.9. The summed E-state index contributed by atoms with van der Waals surface area (Å²) in [5, 5.41) is 1.09. The first-order chi connectivity index (χ1) is 13.3. The molecule has 0 unspecified atom stereocenters. The highest BCUT2D eigenvalue weighted by atomic mass is 16.6. The molecule has 1 aliphatic heterocycles. The molecule has 1 atom stereocenters. The number of hydrogen-bond donors (Lipinski definition) is 0. The van der Waals surface area contributed by atoms with Gasteiger partial charge in [0, 0.05) is 24.2 Å². The highest BCUT2D eigenvalue weighted by Crippen LogP contribution is 2.34. The molecule has 5 nitrogen and oxygen atoms in total. The third kappa shape index (κ3) is 3.21. The summed E-state index contributed by atoms with van der Waals surface area (Å²) in [5.41, 5.74) is 2.00. The van der Waals surface area contributed by atoms with Crippen LogP contribution in [0.4, 0.5) is 0 Å². The van der Waals surface area contributed by atoms with Gasteiger partial charge in [-0.3, -0.25) is 9.78 Å². The van der Waals surface area contributed by atoms with E-state index in [1.54, 1.807) is 0 Å². The van der Waals surface area contributed by atoms with Crippen molar-refractivity contribution in [2.75, 3.05) is 6.61 Å². The lowest BCUT2D eigenvalue weighted by molar-refractivity contribution is -0.142. The quantitative estimate of drug-likeness (QED) is 0.714. The number of fused-ring (bicyclic) bond motifs is 2. The number of pyridine rings is 1. The van der Waals surface area contributed by atoms with Gasteiger partial charge in [0.05, 0.1) is 5.52 Å². The second-order valence-electron chi connectivity index (χ2n) is 7.10. The Labute approximate surface area is 157 Å². The average molecular weight is 360 g/mol. The van der Waals surface area contributed by atoms with Crippen LogP contribution in [-0.4, -0.2) is 34.5 Å². The largest absolute Gasteiger partial charge is 0.485 e. The molecule has 136 valence electrons. The molecular weight excluding hydrogens is 340 g/mol. The Bertz CT molecular complexity index is 1000. The van der Waals surface area contributed by atoms with Crippen LogP contribution in [0.3, 0.4) is 0 Å². The van der Waals surface area contributed by atoms with Gasteiger partial charge in [-0.25, -0.2) is 0 Å². The Balaban J connectivity index is 1.37.